The van der Waals surface area contributed by atoms with Gasteiger partial charge < -0.3 is 4.74 Å². The van der Waals surface area contributed by atoms with Crippen molar-refractivity contribution in [3.8, 4) is 0 Å². The monoisotopic (exact) mass is 314 g/mol. The lowest BCUT2D eigenvalue weighted by Gasteiger charge is -2.30. The summed E-state index contributed by atoms with van der Waals surface area (Å²) < 4.78 is 6.10. The average molecular weight is 315 g/mol. The molecule has 0 aromatic rings. The van der Waals surface area contributed by atoms with Gasteiger partial charge in [0, 0.05) is 13.3 Å². The number of rotatable bonds is 14. The maximum absolute atomic E-state index is 11.7. The minimum Gasteiger partial charge on any atom is -0.413 e. The van der Waals surface area contributed by atoms with Crippen LogP contribution in [-0.2, 0) is 9.53 Å². The molecule has 0 aromatic carbocycles. The zero-order valence-electron chi connectivity index (χ0n) is 15.8. The van der Waals surface area contributed by atoms with Gasteiger partial charge in [-0.15, -0.1) is 0 Å². The highest BCUT2D eigenvalue weighted by atomic mass is 16.6. The summed E-state index contributed by atoms with van der Waals surface area (Å²) in [5, 5.41) is 0. The van der Waals surface area contributed by atoms with Gasteiger partial charge >= 0.3 is 5.97 Å². The molecule has 1 unspecified atom stereocenters. The topological polar surface area (TPSA) is 26.3 Å². The van der Waals surface area contributed by atoms with Crippen molar-refractivity contribution in [3.05, 3.63) is 0 Å². The summed E-state index contributed by atoms with van der Waals surface area (Å²) in [7, 11) is 6.13. The fourth-order valence-electron chi connectivity index (χ4n) is 2.34. The van der Waals surface area contributed by atoms with Gasteiger partial charge in [-0.3, -0.25) is 9.28 Å². The fourth-order valence-corrected chi connectivity index (χ4v) is 2.34. The molecule has 132 valence electrons. The van der Waals surface area contributed by atoms with E-state index in [-0.39, 0.29) is 12.2 Å². The number of carbonyl (C=O) groups is 1. The number of hydrogen-bond acceptors (Lipinski definition) is 2. The van der Waals surface area contributed by atoms with Crippen LogP contribution in [0.2, 0.25) is 0 Å². The first-order valence-corrected chi connectivity index (χ1v) is 9.38. The molecule has 3 nitrogen and oxygen atoms in total. The first kappa shape index (κ1) is 21.4. The highest BCUT2D eigenvalue weighted by Gasteiger charge is 2.21. The van der Waals surface area contributed by atoms with Gasteiger partial charge in [0.15, 0.2) is 0 Å². The summed E-state index contributed by atoms with van der Waals surface area (Å²) in [5.74, 6) is -0.0449. The van der Waals surface area contributed by atoms with E-state index in [1.54, 1.807) is 0 Å². The van der Waals surface area contributed by atoms with Crippen molar-refractivity contribution in [2.45, 2.75) is 97.1 Å². The van der Waals surface area contributed by atoms with Crippen LogP contribution in [-0.4, -0.2) is 37.8 Å². The van der Waals surface area contributed by atoms with Crippen molar-refractivity contribution in [3.63, 3.8) is 0 Å². The molecule has 0 aliphatic carbocycles. The second-order valence-corrected chi connectivity index (χ2v) is 7.49. The van der Waals surface area contributed by atoms with Gasteiger partial charge in [0.2, 0.25) is 6.23 Å². The number of unbranched alkanes of at least 4 members (excludes halogenated alkanes) is 10. The van der Waals surface area contributed by atoms with Crippen molar-refractivity contribution in [2.24, 2.45) is 0 Å². The number of nitrogens with zero attached hydrogens (tertiary/aromatic N) is 1. The van der Waals surface area contributed by atoms with Gasteiger partial charge in [0.05, 0.1) is 21.1 Å². The van der Waals surface area contributed by atoms with Crippen molar-refractivity contribution in [1.29, 1.82) is 0 Å². The van der Waals surface area contributed by atoms with Crippen LogP contribution in [0.5, 0.6) is 0 Å². The number of hydrogen-bond donors (Lipinski definition) is 0. The van der Waals surface area contributed by atoms with Crippen LogP contribution >= 0.6 is 0 Å². The molecule has 22 heavy (non-hydrogen) atoms. The summed E-state index contributed by atoms with van der Waals surface area (Å²) in [5.41, 5.74) is 0. The lowest BCUT2D eigenvalue weighted by molar-refractivity contribution is -0.914. The molecule has 0 fully saturated rings. The van der Waals surface area contributed by atoms with Gasteiger partial charge in [-0.25, -0.2) is 0 Å². The Bertz CT molecular complexity index is 271. The molecule has 0 saturated carbocycles. The molecular weight excluding hydrogens is 274 g/mol. The van der Waals surface area contributed by atoms with Crippen LogP contribution in [0, 0.1) is 0 Å². The van der Waals surface area contributed by atoms with E-state index in [1.807, 2.05) is 28.1 Å². The zero-order chi connectivity index (χ0) is 16.8. The Balaban J connectivity index is 3.34. The molecule has 0 bridgehead atoms. The fraction of sp³-hybridized carbons (Fsp3) is 0.947. The molecular formula is C19H40NO2+. The highest BCUT2D eigenvalue weighted by molar-refractivity contribution is 5.69. The third kappa shape index (κ3) is 13.1. The van der Waals surface area contributed by atoms with Crippen molar-refractivity contribution >= 4 is 5.97 Å². The molecule has 0 aliphatic heterocycles. The molecule has 0 rings (SSSR count). The van der Waals surface area contributed by atoms with E-state index in [2.05, 4.69) is 6.92 Å². The Morgan fingerprint density at radius 2 is 1.23 bits per heavy atom. The highest BCUT2D eigenvalue weighted by Crippen LogP contribution is 2.13. The van der Waals surface area contributed by atoms with E-state index in [1.165, 1.54) is 57.8 Å². The third-order valence-corrected chi connectivity index (χ3v) is 4.38. The van der Waals surface area contributed by atoms with Crippen LogP contribution in [0.25, 0.3) is 0 Å². The lowest BCUT2D eigenvalue weighted by Crippen LogP contribution is -2.45. The van der Waals surface area contributed by atoms with Crippen LogP contribution < -0.4 is 0 Å². The maximum Gasteiger partial charge on any atom is 0.310 e. The largest absolute Gasteiger partial charge is 0.413 e. The standard InChI is InChI=1S/C19H40NO2/c1-6-7-8-9-10-11-12-13-14-15-16-17-19(21)22-18(2)20(3,4)5/h18H,6-17H2,1-5H3/q+1. The molecule has 0 amide bonds. The van der Waals surface area contributed by atoms with Crippen molar-refractivity contribution < 1.29 is 14.0 Å². The molecule has 0 radical (unpaired) electrons. The smallest absolute Gasteiger partial charge is 0.310 e. The Hall–Kier alpha value is -0.570. The quantitative estimate of drug-likeness (QED) is 0.189. The number of quaternary nitrogens is 1. The van der Waals surface area contributed by atoms with E-state index >= 15 is 0 Å². The third-order valence-electron chi connectivity index (χ3n) is 4.38. The van der Waals surface area contributed by atoms with E-state index in [4.69, 9.17) is 4.74 Å². The minimum atomic E-state index is -0.0693. The van der Waals surface area contributed by atoms with Gasteiger partial charge in [-0.05, 0) is 6.42 Å². The zero-order valence-corrected chi connectivity index (χ0v) is 15.8. The predicted molar refractivity (Wildman–Crippen MR) is 94.7 cm³/mol. The maximum atomic E-state index is 11.7. The second kappa shape index (κ2) is 12.9. The van der Waals surface area contributed by atoms with Crippen LogP contribution in [0.1, 0.15) is 90.9 Å². The summed E-state index contributed by atoms with van der Waals surface area (Å²) in [4.78, 5) is 11.7. The molecule has 0 heterocycles. The molecule has 0 spiro atoms. The number of ether oxygens (including phenoxy) is 1. The van der Waals surface area contributed by atoms with Crippen LogP contribution in [0.3, 0.4) is 0 Å². The predicted octanol–water partition coefficient (Wildman–Crippen LogP) is 5.28. The van der Waals surface area contributed by atoms with Crippen LogP contribution in [0.4, 0.5) is 0 Å². The van der Waals surface area contributed by atoms with E-state index in [0.29, 0.717) is 10.9 Å². The molecule has 0 aromatic heterocycles. The first-order valence-electron chi connectivity index (χ1n) is 9.38. The Morgan fingerprint density at radius 3 is 1.64 bits per heavy atom. The van der Waals surface area contributed by atoms with Gasteiger partial charge in [-0.2, -0.15) is 0 Å². The number of esters is 1. The van der Waals surface area contributed by atoms with Gasteiger partial charge in [0.1, 0.15) is 0 Å². The molecule has 0 N–H and O–H groups in total. The van der Waals surface area contributed by atoms with Crippen LogP contribution in [0.15, 0.2) is 0 Å². The molecule has 1 atom stereocenters. The molecule has 0 saturated heterocycles. The SMILES string of the molecule is CCCCCCCCCCCCCC(=O)OC(C)[N+](C)(C)C. The van der Waals surface area contributed by atoms with Crippen molar-refractivity contribution in [1.82, 2.24) is 0 Å². The summed E-state index contributed by atoms with van der Waals surface area (Å²) in [6.07, 6.45) is 14.9. The summed E-state index contributed by atoms with van der Waals surface area (Å²) >= 11 is 0. The Labute approximate surface area is 139 Å². The average Bonchev–Trinajstić information content (AvgIpc) is 2.43. The van der Waals surface area contributed by atoms with Gasteiger partial charge in [-0.1, -0.05) is 71.1 Å². The minimum absolute atomic E-state index is 0.0449. The van der Waals surface area contributed by atoms with Crippen molar-refractivity contribution in [2.75, 3.05) is 21.1 Å². The second-order valence-electron chi connectivity index (χ2n) is 7.49. The normalized spacial score (nSPS) is 13.1. The van der Waals surface area contributed by atoms with E-state index in [0.717, 1.165) is 12.8 Å². The summed E-state index contributed by atoms with van der Waals surface area (Å²) in [6.45, 7) is 4.22. The van der Waals surface area contributed by atoms with E-state index in [9.17, 15) is 4.79 Å². The van der Waals surface area contributed by atoms with E-state index < -0.39 is 0 Å². The molecule has 0 aliphatic rings. The summed E-state index contributed by atoms with van der Waals surface area (Å²) in [6, 6.07) is 0. The Morgan fingerprint density at radius 1 is 0.818 bits per heavy atom. The lowest BCUT2D eigenvalue weighted by atomic mass is 10.1. The Kier molecular flexibility index (Phi) is 12.6. The number of carbonyl (C=O) groups excluding carboxylic acids is 1. The van der Waals surface area contributed by atoms with Gasteiger partial charge in [0.25, 0.3) is 0 Å². The molecule has 3 heteroatoms. The first-order chi connectivity index (χ1) is 10.4.